The average molecular weight is 385 g/mol. The van der Waals surface area contributed by atoms with Crippen molar-refractivity contribution in [3.05, 3.63) is 28.2 Å². The van der Waals surface area contributed by atoms with Crippen LogP contribution in [0, 0.1) is 0 Å². The van der Waals surface area contributed by atoms with E-state index in [0.717, 1.165) is 25.9 Å². The van der Waals surface area contributed by atoms with E-state index in [1.807, 2.05) is 4.90 Å². The Labute approximate surface area is 157 Å². The van der Waals surface area contributed by atoms with Crippen molar-refractivity contribution in [1.82, 2.24) is 14.7 Å². The molecule has 1 aromatic rings. The van der Waals surface area contributed by atoms with Crippen LogP contribution in [0.25, 0.3) is 0 Å². The lowest BCUT2D eigenvalue weighted by atomic mass is 10.3. The zero-order valence-corrected chi connectivity index (χ0v) is 15.5. The molecule has 25 heavy (non-hydrogen) atoms. The van der Waals surface area contributed by atoms with Gasteiger partial charge in [0, 0.05) is 44.3 Å². The molecule has 0 aromatic heterocycles. The first-order valence-electron chi connectivity index (χ1n) is 8.54. The molecule has 1 aromatic carbocycles. The zero-order chi connectivity index (χ0) is 17.8. The minimum absolute atomic E-state index is 0.195. The number of benzene rings is 1. The van der Waals surface area contributed by atoms with Crippen LogP contribution in [0.15, 0.2) is 18.2 Å². The fourth-order valence-corrected chi connectivity index (χ4v) is 3.49. The molecule has 0 unspecified atom stereocenters. The molecule has 2 aliphatic rings. The predicted octanol–water partition coefficient (Wildman–Crippen LogP) is 2.77. The average Bonchev–Trinajstić information content (AvgIpc) is 3.13. The molecule has 2 fully saturated rings. The third kappa shape index (κ3) is 4.77. The Balaban J connectivity index is 1.47. The summed E-state index contributed by atoms with van der Waals surface area (Å²) in [6.45, 7) is 4.74. The highest BCUT2D eigenvalue weighted by Gasteiger charge is 2.25. The number of carbonyl (C=O) groups is 2. The lowest BCUT2D eigenvalue weighted by molar-refractivity contribution is -0.131. The number of nitrogens with zero attached hydrogens (tertiary/aromatic N) is 3. The molecule has 0 spiro atoms. The fourth-order valence-electron chi connectivity index (χ4n) is 3.15. The molecular weight excluding hydrogens is 363 g/mol. The Morgan fingerprint density at radius 3 is 2.32 bits per heavy atom. The summed E-state index contributed by atoms with van der Waals surface area (Å²) in [4.78, 5) is 30.4. The maximum atomic E-state index is 12.4. The van der Waals surface area contributed by atoms with Crippen LogP contribution >= 0.6 is 23.2 Å². The smallest absolute Gasteiger partial charge is 0.321 e. The fraction of sp³-hybridized carbons (Fsp3) is 0.529. The van der Waals surface area contributed by atoms with E-state index in [1.54, 1.807) is 23.1 Å². The number of piperazine rings is 1. The topological polar surface area (TPSA) is 55.9 Å². The number of rotatable bonds is 3. The largest absolute Gasteiger partial charge is 0.342 e. The lowest BCUT2D eigenvalue weighted by Gasteiger charge is -2.35. The van der Waals surface area contributed by atoms with Crippen molar-refractivity contribution < 1.29 is 9.59 Å². The second-order valence-corrected chi connectivity index (χ2v) is 7.25. The molecule has 0 bridgehead atoms. The zero-order valence-electron chi connectivity index (χ0n) is 14.0. The molecule has 2 saturated heterocycles. The predicted molar refractivity (Wildman–Crippen MR) is 99.3 cm³/mol. The first kappa shape index (κ1) is 18.3. The van der Waals surface area contributed by atoms with Crippen molar-refractivity contribution in [3.63, 3.8) is 0 Å². The molecule has 2 aliphatic heterocycles. The Bertz CT molecular complexity index is 642. The molecule has 1 N–H and O–H groups in total. The van der Waals surface area contributed by atoms with Crippen molar-refractivity contribution in [2.24, 2.45) is 0 Å². The highest BCUT2D eigenvalue weighted by atomic mass is 35.5. The van der Waals surface area contributed by atoms with Crippen LogP contribution in [0.3, 0.4) is 0 Å². The number of hydrogen-bond acceptors (Lipinski definition) is 3. The number of nitrogens with one attached hydrogen (secondary N) is 1. The summed E-state index contributed by atoms with van der Waals surface area (Å²) < 4.78 is 0. The van der Waals surface area contributed by atoms with E-state index in [-0.39, 0.29) is 11.9 Å². The van der Waals surface area contributed by atoms with Gasteiger partial charge in [0.25, 0.3) is 0 Å². The van der Waals surface area contributed by atoms with Crippen molar-refractivity contribution in [2.45, 2.75) is 12.8 Å². The van der Waals surface area contributed by atoms with Gasteiger partial charge in [-0.3, -0.25) is 9.69 Å². The molecule has 3 rings (SSSR count). The van der Waals surface area contributed by atoms with Crippen LogP contribution in [0.4, 0.5) is 10.5 Å². The van der Waals surface area contributed by atoms with Gasteiger partial charge in [-0.15, -0.1) is 0 Å². The van der Waals surface area contributed by atoms with Crippen LogP contribution < -0.4 is 5.32 Å². The van der Waals surface area contributed by atoms with Gasteiger partial charge in [0.1, 0.15) is 0 Å². The molecule has 8 heteroatoms. The molecule has 136 valence electrons. The Kier molecular flexibility index (Phi) is 6.04. The second kappa shape index (κ2) is 8.25. The van der Waals surface area contributed by atoms with E-state index in [4.69, 9.17) is 23.2 Å². The molecule has 0 atom stereocenters. The number of urea groups is 1. The van der Waals surface area contributed by atoms with Gasteiger partial charge in [0.2, 0.25) is 5.91 Å². The van der Waals surface area contributed by atoms with Crippen molar-refractivity contribution in [1.29, 1.82) is 0 Å². The van der Waals surface area contributed by atoms with Crippen LogP contribution in [0.1, 0.15) is 12.8 Å². The summed E-state index contributed by atoms with van der Waals surface area (Å²) in [6, 6.07) is 4.76. The number of carbonyl (C=O) groups excluding carboxylic acids is 2. The normalized spacial score (nSPS) is 18.5. The van der Waals surface area contributed by atoms with E-state index >= 15 is 0 Å². The van der Waals surface area contributed by atoms with Gasteiger partial charge < -0.3 is 15.1 Å². The van der Waals surface area contributed by atoms with Gasteiger partial charge in [0.05, 0.1) is 17.3 Å². The third-order valence-electron chi connectivity index (χ3n) is 4.65. The quantitative estimate of drug-likeness (QED) is 0.871. The minimum Gasteiger partial charge on any atom is -0.342 e. The standard InChI is InChI=1S/C17H22Cl2N4O2/c18-13-3-4-14(19)15(11-13)20-17(25)23-9-7-21(8-10-23)12-16(24)22-5-1-2-6-22/h3-4,11H,1-2,5-10,12H2,(H,20,25). The number of hydrogen-bond donors (Lipinski definition) is 1. The van der Waals surface area contributed by atoms with E-state index in [9.17, 15) is 9.59 Å². The van der Waals surface area contributed by atoms with Crippen LogP contribution in [-0.4, -0.2) is 72.5 Å². The van der Waals surface area contributed by atoms with Gasteiger partial charge in [-0.1, -0.05) is 23.2 Å². The summed E-state index contributed by atoms with van der Waals surface area (Å²) in [7, 11) is 0. The van der Waals surface area contributed by atoms with Crippen LogP contribution in [-0.2, 0) is 4.79 Å². The second-order valence-electron chi connectivity index (χ2n) is 6.41. The van der Waals surface area contributed by atoms with Gasteiger partial charge in [-0.05, 0) is 31.0 Å². The molecular formula is C17H22Cl2N4O2. The van der Waals surface area contributed by atoms with Gasteiger partial charge in [0.15, 0.2) is 0 Å². The maximum Gasteiger partial charge on any atom is 0.321 e. The van der Waals surface area contributed by atoms with E-state index in [2.05, 4.69) is 10.2 Å². The van der Waals surface area contributed by atoms with Crippen molar-refractivity contribution >= 4 is 40.8 Å². The Morgan fingerprint density at radius 2 is 1.64 bits per heavy atom. The summed E-state index contributed by atoms with van der Waals surface area (Å²) in [6.07, 6.45) is 2.21. The minimum atomic E-state index is -0.199. The molecule has 3 amide bonds. The SMILES string of the molecule is O=C(CN1CCN(C(=O)Nc2cc(Cl)ccc2Cl)CC1)N1CCCC1. The first-order valence-corrected chi connectivity index (χ1v) is 9.29. The summed E-state index contributed by atoms with van der Waals surface area (Å²) in [5.74, 6) is 0.195. The highest BCUT2D eigenvalue weighted by Crippen LogP contribution is 2.25. The maximum absolute atomic E-state index is 12.4. The molecule has 0 saturated carbocycles. The Morgan fingerprint density at radius 1 is 0.960 bits per heavy atom. The van der Waals surface area contributed by atoms with Crippen LogP contribution in [0.2, 0.25) is 10.0 Å². The highest BCUT2D eigenvalue weighted by molar-refractivity contribution is 6.35. The van der Waals surface area contributed by atoms with Gasteiger partial charge in [-0.25, -0.2) is 4.79 Å². The van der Waals surface area contributed by atoms with Crippen LogP contribution in [0.5, 0.6) is 0 Å². The molecule has 0 aliphatic carbocycles. The van der Waals surface area contributed by atoms with Crippen molar-refractivity contribution in [3.8, 4) is 0 Å². The van der Waals surface area contributed by atoms with Gasteiger partial charge in [-0.2, -0.15) is 0 Å². The first-order chi connectivity index (χ1) is 12.0. The lowest BCUT2D eigenvalue weighted by Crippen LogP contribution is -2.52. The number of likely N-dealkylation sites (tertiary alicyclic amines) is 1. The van der Waals surface area contributed by atoms with Crippen molar-refractivity contribution in [2.75, 3.05) is 51.1 Å². The third-order valence-corrected chi connectivity index (χ3v) is 5.21. The molecule has 6 nitrogen and oxygen atoms in total. The number of halogens is 2. The number of anilines is 1. The molecule has 0 radical (unpaired) electrons. The number of amides is 3. The summed E-state index contributed by atoms with van der Waals surface area (Å²) in [5, 5.41) is 3.77. The van der Waals surface area contributed by atoms with Gasteiger partial charge >= 0.3 is 6.03 Å². The summed E-state index contributed by atoms with van der Waals surface area (Å²) >= 11 is 12.0. The van der Waals surface area contributed by atoms with E-state index in [0.29, 0.717) is 48.5 Å². The summed E-state index contributed by atoms with van der Waals surface area (Å²) in [5.41, 5.74) is 0.505. The van der Waals surface area contributed by atoms with E-state index in [1.165, 1.54) is 0 Å². The molecule has 2 heterocycles. The Hall–Kier alpha value is -1.50. The van der Waals surface area contributed by atoms with E-state index < -0.39 is 0 Å². The monoisotopic (exact) mass is 384 g/mol.